The minimum absolute atomic E-state index is 0.275. The van der Waals surface area contributed by atoms with Gasteiger partial charge in [-0.25, -0.2) is 4.79 Å². The van der Waals surface area contributed by atoms with Crippen molar-refractivity contribution in [3.05, 3.63) is 0 Å². The van der Waals surface area contributed by atoms with Gasteiger partial charge in [0.25, 0.3) is 0 Å². The third kappa shape index (κ3) is 11.4. The molecule has 0 aromatic heterocycles. The minimum atomic E-state index is -0.711. The van der Waals surface area contributed by atoms with Gasteiger partial charge in [-0.1, -0.05) is 66.7 Å². The predicted octanol–water partition coefficient (Wildman–Crippen LogP) is 5.40. The van der Waals surface area contributed by atoms with E-state index in [4.69, 9.17) is 23.7 Å². The Bertz CT molecular complexity index is 472. The summed E-state index contributed by atoms with van der Waals surface area (Å²) in [7, 11) is 0. The Morgan fingerprint density at radius 2 is 1.15 bits per heavy atom. The lowest BCUT2D eigenvalue weighted by molar-refractivity contribution is -0.261. The molecular weight excluding hydrogens is 424 g/mol. The number of unbranched alkanes of at least 4 members (excludes halogenated alkanes) is 5. The fourth-order valence-electron chi connectivity index (χ4n) is 3.32. The lowest BCUT2D eigenvalue weighted by atomic mass is 10.3. The molecule has 0 bridgehead atoms. The molecule has 0 aliphatic carbocycles. The van der Waals surface area contributed by atoms with E-state index in [2.05, 4.69) is 39.9 Å². The van der Waals surface area contributed by atoms with Crippen molar-refractivity contribution < 1.29 is 28.5 Å². The molecule has 1 fully saturated rings. The van der Waals surface area contributed by atoms with Crippen LogP contribution in [0.5, 0.6) is 0 Å². The monoisotopic (exact) mass is 474 g/mol. The van der Waals surface area contributed by atoms with Crippen LogP contribution >= 0.6 is 0 Å². The fourth-order valence-corrected chi connectivity index (χ4v) is 3.32. The van der Waals surface area contributed by atoms with Crippen molar-refractivity contribution in [3.63, 3.8) is 0 Å². The molecule has 8 heteroatoms. The topological polar surface area (TPSA) is 78.5 Å². The molecule has 2 amide bonds. The van der Waals surface area contributed by atoms with Crippen LogP contribution in [0.1, 0.15) is 98.8 Å². The van der Waals surface area contributed by atoms with Gasteiger partial charge < -0.3 is 29.0 Å². The van der Waals surface area contributed by atoms with Crippen molar-refractivity contribution in [2.45, 2.75) is 124 Å². The third-order valence-corrected chi connectivity index (χ3v) is 5.47. The molecule has 196 valence electrons. The summed E-state index contributed by atoms with van der Waals surface area (Å²) in [6, 6.07) is -0.275. The summed E-state index contributed by atoms with van der Waals surface area (Å²) in [4.78, 5) is 14.8. The Morgan fingerprint density at radius 1 is 0.697 bits per heavy atom. The first-order valence-electron chi connectivity index (χ1n) is 13.3. The first-order valence-corrected chi connectivity index (χ1v) is 13.3. The lowest BCUT2D eigenvalue weighted by Gasteiger charge is -2.37. The van der Waals surface area contributed by atoms with Gasteiger partial charge in [0.15, 0.2) is 18.7 Å². The van der Waals surface area contributed by atoms with Crippen molar-refractivity contribution >= 4 is 6.03 Å². The van der Waals surface area contributed by atoms with Crippen molar-refractivity contribution in [1.29, 1.82) is 0 Å². The normalized spacial score (nSPS) is 19.5. The highest BCUT2D eigenvalue weighted by Gasteiger charge is 2.48. The number of ether oxygens (including phenoxy) is 5. The maximum Gasteiger partial charge on any atom is 0.323 e. The maximum absolute atomic E-state index is 13.2. The highest BCUT2D eigenvalue weighted by Crippen LogP contribution is 2.25. The molecule has 0 aromatic carbocycles. The first kappa shape index (κ1) is 30.1. The highest BCUT2D eigenvalue weighted by atomic mass is 16.7. The number of carbonyl (C=O) groups excluding carboxylic acids is 1. The van der Waals surface area contributed by atoms with Gasteiger partial charge in [-0.05, 0) is 32.1 Å². The zero-order valence-electron chi connectivity index (χ0n) is 21.8. The Hall–Kier alpha value is -0.930. The fraction of sp³-hybridized carbons (Fsp3) is 0.960. The average molecular weight is 475 g/mol. The number of nitrogens with zero attached hydrogens (tertiary/aromatic N) is 1. The molecular formula is C25H50N2O6. The number of nitrogens with one attached hydrogen (secondary N) is 1. The number of hydrogen-bond acceptors (Lipinski definition) is 6. The predicted molar refractivity (Wildman–Crippen MR) is 130 cm³/mol. The Balaban J connectivity index is 3.10. The number of amides is 2. The minimum Gasteiger partial charge on any atom is -0.354 e. The number of urea groups is 1. The zero-order valence-corrected chi connectivity index (χ0v) is 21.8. The van der Waals surface area contributed by atoms with Gasteiger partial charge in [-0.3, -0.25) is 4.90 Å². The molecule has 0 aromatic rings. The molecule has 3 unspecified atom stereocenters. The van der Waals surface area contributed by atoms with Crippen LogP contribution in [0.25, 0.3) is 0 Å². The van der Waals surface area contributed by atoms with Crippen LogP contribution in [0.4, 0.5) is 4.79 Å². The summed E-state index contributed by atoms with van der Waals surface area (Å²) >= 11 is 0. The summed E-state index contributed by atoms with van der Waals surface area (Å²) in [5.41, 5.74) is 0. The SMILES string of the molecule is CCCCOC1NC(=O)N(C(OCCCC)C(OCCCC)OCCCC)C1OCCCC. The molecule has 0 spiro atoms. The molecule has 1 aliphatic rings. The first-order chi connectivity index (χ1) is 16.1. The summed E-state index contributed by atoms with van der Waals surface area (Å²) in [5.74, 6) is 0. The van der Waals surface area contributed by atoms with Crippen LogP contribution in [0.15, 0.2) is 0 Å². The van der Waals surface area contributed by atoms with Crippen LogP contribution in [0, 0.1) is 0 Å². The van der Waals surface area contributed by atoms with E-state index in [0.29, 0.717) is 33.0 Å². The van der Waals surface area contributed by atoms with Crippen molar-refractivity contribution in [1.82, 2.24) is 10.2 Å². The van der Waals surface area contributed by atoms with E-state index >= 15 is 0 Å². The molecule has 1 saturated heterocycles. The second-order valence-electron chi connectivity index (χ2n) is 8.55. The largest absolute Gasteiger partial charge is 0.354 e. The van der Waals surface area contributed by atoms with Crippen LogP contribution in [0.2, 0.25) is 0 Å². The standard InChI is InChI=1S/C25H50N2O6/c1-6-11-16-29-21-22(30-17-12-7-2)27(25(28)26-21)23(31-18-13-8-3)24(32-19-14-9-4)33-20-15-10-5/h21-24H,6-20H2,1-5H3,(H,26,28). The molecule has 33 heavy (non-hydrogen) atoms. The van der Waals surface area contributed by atoms with E-state index in [1.807, 2.05) is 0 Å². The van der Waals surface area contributed by atoms with Gasteiger partial charge in [0.05, 0.1) is 0 Å². The van der Waals surface area contributed by atoms with E-state index in [1.54, 1.807) is 4.90 Å². The van der Waals surface area contributed by atoms with Gasteiger partial charge in [0, 0.05) is 33.0 Å². The van der Waals surface area contributed by atoms with Gasteiger partial charge >= 0.3 is 6.03 Å². The van der Waals surface area contributed by atoms with Gasteiger partial charge in [0.2, 0.25) is 6.29 Å². The molecule has 0 saturated carbocycles. The molecule has 8 nitrogen and oxygen atoms in total. The van der Waals surface area contributed by atoms with E-state index in [1.165, 1.54) is 0 Å². The maximum atomic E-state index is 13.2. The van der Waals surface area contributed by atoms with Gasteiger partial charge in [-0.15, -0.1) is 0 Å². The summed E-state index contributed by atoms with van der Waals surface area (Å²) in [6.07, 6.45) is 7.07. The molecule has 1 heterocycles. The number of rotatable bonds is 22. The molecule has 1 N–H and O–H groups in total. The van der Waals surface area contributed by atoms with Crippen LogP contribution in [0.3, 0.4) is 0 Å². The van der Waals surface area contributed by atoms with E-state index in [9.17, 15) is 4.79 Å². The summed E-state index contributed by atoms with van der Waals surface area (Å²) < 4.78 is 30.7. The second kappa shape index (κ2) is 19.4. The van der Waals surface area contributed by atoms with Crippen molar-refractivity contribution in [2.75, 3.05) is 33.0 Å². The Kier molecular flexibility index (Phi) is 17.7. The zero-order chi connectivity index (χ0) is 24.3. The van der Waals surface area contributed by atoms with E-state index in [-0.39, 0.29) is 6.03 Å². The van der Waals surface area contributed by atoms with Gasteiger partial charge in [0.1, 0.15) is 0 Å². The van der Waals surface area contributed by atoms with Crippen LogP contribution in [-0.2, 0) is 23.7 Å². The number of carbonyl (C=O) groups is 1. The van der Waals surface area contributed by atoms with Crippen molar-refractivity contribution in [2.24, 2.45) is 0 Å². The lowest BCUT2D eigenvalue weighted by Crippen LogP contribution is -2.54. The Morgan fingerprint density at radius 3 is 1.67 bits per heavy atom. The quantitative estimate of drug-likeness (QED) is 0.167. The molecule has 3 atom stereocenters. The number of hydrogen-bond donors (Lipinski definition) is 1. The van der Waals surface area contributed by atoms with Gasteiger partial charge in [-0.2, -0.15) is 0 Å². The molecule has 1 rings (SSSR count). The second-order valence-corrected chi connectivity index (χ2v) is 8.55. The van der Waals surface area contributed by atoms with Crippen LogP contribution in [-0.4, -0.2) is 68.9 Å². The average Bonchev–Trinajstić information content (AvgIpc) is 3.11. The smallest absolute Gasteiger partial charge is 0.323 e. The summed E-state index contributed by atoms with van der Waals surface area (Å²) in [5, 5.41) is 2.95. The van der Waals surface area contributed by atoms with E-state index in [0.717, 1.165) is 64.2 Å². The third-order valence-electron chi connectivity index (χ3n) is 5.47. The summed E-state index contributed by atoms with van der Waals surface area (Å²) in [6.45, 7) is 13.3. The molecule has 0 radical (unpaired) electrons. The van der Waals surface area contributed by atoms with E-state index < -0.39 is 25.0 Å². The Labute approximate surface area is 202 Å². The van der Waals surface area contributed by atoms with Crippen LogP contribution < -0.4 is 5.32 Å². The highest BCUT2D eigenvalue weighted by molar-refractivity contribution is 5.77. The molecule has 1 aliphatic heterocycles. The van der Waals surface area contributed by atoms with Crippen molar-refractivity contribution in [3.8, 4) is 0 Å².